The molecule has 1 aromatic heterocycles. The average molecular weight is 444 g/mol. The molecule has 7 heteroatoms. The van der Waals surface area contributed by atoms with Gasteiger partial charge in [0.15, 0.2) is 5.82 Å². The molecule has 0 saturated carbocycles. The third kappa shape index (κ3) is 4.41. The largest absolute Gasteiger partial charge is 0.497 e. The maximum atomic E-state index is 13.3. The highest BCUT2D eigenvalue weighted by molar-refractivity contribution is 5.94. The third-order valence-corrected chi connectivity index (χ3v) is 6.48. The summed E-state index contributed by atoms with van der Waals surface area (Å²) >= 11 is 0. The summed E-state index contributed by atoms with van der Waals surface area (Å²) in [7, 11) is 3.77. The van der Waals surface area contributed by atoms with Crippen LogP contribution in [0.3, 0.4) is 0 Å². The van der Waals surface area contributed by atoms with Crippen LogP contribution in [0.1, 0.15) is 21.6 Å². The van der Waals surface area contributed by atoms with Gasteiger partial charge in [-0.2, -0.15) is 0 Å². The molecule has 2 aromatic carbocycles. The predicted octanol–water partition coefficient (Wildman–Crippen LogP) is 3.10. The van der Waals surface area contributed by atoms with Crippen LogP contribution in [0.25, 0.3) is 11.4 Å². The second-order valence-electron chi connectivity index (χ2n) is 8.66. The van der Waals surface area contributed by atoms with E-state index in [1.54, 1.807) is 13.2 Å². The number of carbonyl (C=O) groups excluding carboxylic acids is 1. The van der Waals surface area contributed by atoms with Crippen LogP contribution in [0.4, 0.5) is 5.82 Å². The number of piperazine rings is 1. The van der Waals surface area contributed by atoms with E-state index < -0.39 is 0 Å². The quantitative estimate of drug-likeness (QED) is 0.618. The molecular formula is C26H29N5O2. The predicted molar refractivity (Wildman–Crippen MR) is 129 cm³/mol. The van der Waals surface area contributed by atoms with Crippen LogP contribution in [-0.2, 0) is 13.0 Å². The van der Waals surface area contributed by atoms with Crippen molar-refractivity contribution >= 4 is 11.7 Å². The van der Waals surface area contributed by atoms with Crippen molar-refractivity contribution in [2.24, 2.45) is 0 Å². The Morgan fingerprint density at radius 1 is 0.939 bits per heavy atom. The number of fused-ring (bicyclic) bond motifs is 1. The number of carbonyl (C=O) groups is 1. The van der Waals surface area contributed by atoms with Gasteiger partial charge in [0, 0.05) is 55.8 Å². The minimum absolute atomic E-state index is 0.0102. The second kappa shape index (κ2) is 9.19. The van der Waals surface area contributed by atoms with E-state index in [2.05, 4.69) is 29.0 Å². The number of hydrogen-bond acceptors (Lipinski definition) is 6. The van der Waals surface area contributed by atoms with E-state index >= 15 is 0 Å². The van der Waals surface area contributed by atoms with Crippen molar-refractivity contribution in [3.05, 3.63) is 71.4 Å². The van der Waals surface area contributed by atoms with Gasteiger partial charge in [-0.15, -0.1) is 0 Å². The highest BCUT2D eigenvalue weighted by Gasteiger charge is 2.29. The Morgan fingerprint density at radius 2 is 1.73 bits per heavy atom. The third-order valence-electron chi connectivity index (χ3n) is 6.48. The molecule has 33 heavy (non-hydrogen) atoms. The summed E-state index contributed by atoms with van der Waals surface area (Å²) in [6.07, 6.45) is 0.716. The van der Waals surface area contributed by atoms with Gasteiger partial charge < -0.3 is 19.4 Å². The van der Waals surface area contributed by atoms with E-state index in [1.807, 2.05) is 41.3 Å². The van der Waals surface area contributed by atoms with Crippen LogP contribution in [0.2, 0.25) is 0 Å². The van der Waals surface area contributed by atoms with E-state index in [9.17, 15) is 4.79 Å². The zero-order valence-corrected chi connectivity index (χ0v) is 19.2. The minimum Gasteiger partial charge on any atom is -0.497 e. The molecule has 1 saturated heterocycles. The van der Waals surface area contributed by atoms with Crippen molar-refractivity contribution in [1.29, 1.82) is 0 Å². The van der Waals surface area contributed by atoms with Crippen molar-refractivity contribution in [2.45, 2.75) is 13.0 Å². The molecule has 0 spiro atoms. The second-order valence-corrected chi connectivity index (χ2v) is 8.66. The number of rotatable bonds is 4. The van der Waals surface area contributed by atoms with E-state index in [-0.39, 0.29) is 5.91 Å². The SMILES string of the molecule is COc1cccc(C(=O)N2CCc3nc(-c4ccccc4)nc(N4CCN(C)CC4)c3C2)c1. The summed E-state index contributed by atoms with van der Waals surface area (Å²) in [6, 6.07) is 17.5. The summed E-state index contributed by atoms with van der Waals surface area (Å²) in [5.74, 6) is 2.43. The molecule has 0 bridgehead atoms. The van der Waals surface area contributed by atoms with Crippen molar-refractivity contribution in [3.8, 4) is 17.1 Å². The molecular weight excluding hydrogens is 414 g/mol. The first-order valence-corrected chi connectivity index (χ1v) is 11.4. The first-order chi connectivity index (χ1) is 16.1. The molecule has 3 heterocycles. The normalized spacial score (nSPS) is 16.4. The van der Waals surface area contributed by atoms with Gasteiger partial charge in [0.25, 0.3) is 5.91 Å². The number of aromatic nitrogens is 2. The number of benzene rings is 2. The molecule has 0 N–H and O–H groups in total. The Morgan fingerprint density at radius 3 is 2.48 bits per heavy atom. The Hall–Kier alpha value is -3.45. The summed E-state index contributed by atoms with van der Waals surface area (Å²) in [4.78, 5) is 29.9. The maximum Gasteiger partial charge on any atom is 0.254 e. The fourth-order valence-electron chi connectivity index (χ4n) is 4.50. The highest BCUT2D eigenvalue weighted by atomic mass is 16.5. The molecule has 0 radical (unpaired) electrons. The van der Waals surface area contributed by atoms with E-state index in [4.69, 9.17) is 14.7 Å². The monoisotopic (exact) mass is 443 g/mol. The lowest BCUT2D eigenvalue weighted by atomic mass is 10.0. The fraction of sp³-hybridized carbons (Fsp3) is 0.346. The molecule has 0 atom stereocenters. The molecule has 2 aliphatic rings. The molecule has 2 aliphatic heterocycles. The van der Waals surface area contributed by atoms with Gasteiger partial charge in [0.2, 0.25) is 0 Å². The zero-order valence-electron chi connectivity index (χ0n) is 19.2. The Balaban J connectivity index is 1.50. The lowest BCUT2D eigenvalue weighted by Gasteiger charge is -2.37. The van der Waals surface area contributed by atoms with Crippen LogP contribution in [-0.4, -0.2) is 72.6 Å². The Bertz CT molecular complexity index is 1140. The molecule has 170 valence electrons. The van der Waals surface area contributed by atoms with Gasteiger partial charge in [-0.3, -0.25) is 4.79 Å². The molecule has 5 rings (SSSR count). The number of likely N-dealkylation sites (N-methyl/N-ethyl adjacent to an activating group) is 1. The van der Waals surface area contributed by atoms with Gasteiger partial charge in [-0.1, -0.05) is 36.4 Å². The van der Waals surface area contributed by atoms with Crippen molar-refractivity contribution in [3.63, 3.8) is 0 Å². The minimum atomic E-state index is 0.0102. The number of hydrogen-bond donors (Lipinski definition) is 0. The molecule has 1 fully saturated rings. The van der Waals surface area contributed by atoms with Crippen LogP contribution in [0.15, 0.2) is 54.6 Å². The van der Waals surface area contributed by atoms with Crippen molar-refractivity contribution in [1.82, 2.24) is 19.8 Å². The average Bonchev–Trinajstić information content (AvgIpc) is 2.88. The van der Waals surface area contributed by atoms with Crippen molar-refractivity contribution in [2.75, 3.05) is 51.8 Å². The maximum absolute atomic E-state index is 13.3. The van der Waals surface area contributed by atoms with Crippen LogP contribution in [0.5, 0.6) is 5.75 Å². The van der Waals surface area contributed by atoms with Crippen LogP contribution in [0, 0.1) is 0 Å². The van der Waals surface area contributed by atoms with Crippen LogP contribution >= 0.6 is 0 Å². The molecule has 1 amide bonds. The van der Waals surface area contributed by atoms with E-state index in [0.717, 1.165) is 54.6 Å². The lowest BCUT2D eigenvalue weighted by molar-refractivity contribution is 0.0733. The number of ether oxygens (including phenoxy) is 1. The smallest absolute Gasteiger partial charge is 0.254 e. The van der Waals surface area contributed by atoms with Crippen LogP contribution < -0.4 is 9.64 Å². The summed E-state index contributed by atoms with van der Waals surface area (Å²) in [5.41, 5.74) is 3.78. The standard InChI is InChI=1S/C26H29N5O2/c1-29-13-15-30(16-14-29)25-22-18-31(26(32)20-9-6-10-21(17-20)33-2)12-11-23(22)27-24(28-25)19-7-4-3-5-8-19/h3-10,17H,11-16,18H2,1-2H3. The zero-order chi connectivity index (χ0) is 22.8. The van der Waals surface area contributed by atoms with Crippen molar-refractivity contribution < 1.29 is 9.53 Å². The summed E-state index contributed by atoms with van der Waals surface area (Å²) in [5, 5.41) is 0. The van der Waals surface area contributed by atoms with Gasteiger partial charge in [0.05, 0.1) is 19.3 Å². The fourth-order valence-corrected chi connectivity index (χ4v) is 4.50. The molecule has 3 aromatic rings. The molecule has 0 unspecified atom stereocenters. The Labute approximate surface area is 194 Å². The summed E-state index contributed by atoms with van der Waals surface area (Å²) in [6.45, 7) is 4.96. The molecule has 7 nitrogen and oxygen atoms in total. The first kappa shape index (κ1) is 21.4. The highest BCUT2D eigenvalue weighted by Crippen LogP contribution is 2.31. The lowest BCUT2D eigenvalue weighted by Crippen LogP contribution is -2.46. The van der Waals surface area contributed by atoms with Gasteiger partial charge in [0.1, 0.15) is 11.6 Å². The van der Waals surface area contributed by atoms with E-state index in [0.29, 0.717) is 30.8 Å². The number of anilines is 1. The number of methoxy groups -OCH3 is 1. The summed E-state index contributed by atoms with van der Waals surface area (Å²) < 4.78 is 5.31. The topological polar surface area (TPSA) is 61.8 Å². The number of nitrogens with zero attached hydrogens (tertiary/aromatic N) is 5. The molecule has 0 aliphatic carbocycles. The van der Waals surface area contributed by atoms with Gasteiger partial charge in [-0.05, 0) is 25.2 Å². The Kier molecular flexibility index (Phi) is 5.96. The van der Waals surface area contributed by atoms with E-state index in [1.165, 1.54) is 0 Å². The number of amides is 1. The van der Waals surface area contributed by atoms with Gasteiger partial charge >= 0.3 is 0 Å². The first-order valence-electron chi connectivity index (χ1n) is 11.4. The van der Waals surface area contributed by atoms with Gasteiger partial charge in [-0.25, -0.2) is 9.97 Å².